The number of benzene rings is 2. The molecule has 0 radical (unpaired) electrons. The van der Waals surface area contributed by atoms with Gasteiger partial charge in [0.2, 0.25) is 0 Å². The quantitative estimate of drug-likeness (QED) is 0.225. The van der Waals surface area contributed by atoms with Crippen LogP contribution in [0.15, 0.2) is 47.6 Å². The molecule has 0 aliphatic heterocycles. The first kappa shape index (κ1) is 22.8. The first-order chi connectivity index (χ1) is 13.9. The Kier molecular flexibility index (Phi) is 7.10. The number of ether oxygens (including phenoxy) is 1. The van der Waals surface area contributed by atoms with E-state index in [0.717, 1.165) is 0 Å². The minimum absolute atomic E-state index is 0.0187. The van der Waals surface area contributed by atoms with E-state index in [9.17, 15) is 31.1 Å². The average Bonchev–Trinajstić information content (AvgIpc) is 2.64. The van der Waals surface area contributed by atoms with Crippen molar-refractivity contribution in [3.05, 3.63) is 64.7 Å². The van der Waals surface area contributed by atoms with Crippen molar-refractivity contribution in [3.8, 4) is 17.6 Å². The first-order valence-corrected chi connectivity index (χ1v) is 8.17. The predicted molar refractivity (Wildman–Crippen MR) is 94.6 cm³/mol. The van der Waals surface area contributed by atoms with E-state index in [4.69, 9.17) is 4.74 Å². The standard InChI is InChI=1S/C20H13F6NO3/c1-13(28)30-27-12-15-6-4-14(5-7-15)3-2-8-29-18-10-16(19(21,22)23)9-17(11-18)20(24,25)26/h4-7,9-12H,8H2,1H3. The van der Waals surface area contributed by atoms with Crippen molar-refractivity contribution >= 4 is 12.2 Å². The highest BCUT2D eigenvalue weighted by atomic mass is 19.4. The number of carbonyl (C=O) groups excluding carboxylic acids is 1. The molecular formula is C20H13F6NO3. The fraction of sp³-hybridized carbons (Fsp3) is 0.200. The highest BCUT2D eigenvalue weighted by molar-refractivity contribution is 5.80. The van der Waals surface area contributed by atoms with E-state index in [1.165, 1.54) is 13.1 Å². The number of halogens is 6. The second-order valence-corrected chi connectivity index (χ2v) is 5.77. The van der Waals surface area contributed by atoms with E-state index in [1.807, 2.05) is 0 Å². The van der Waals surface area contributed by atoms with Gasteiger partial charge in [0.25, 0.3) is 0 Å². The molecule has 2 aromatic carbocycles. The molecule has 0 atom stereocenters. The maximum absolute atomic E-state index is 12.8. The topological polar surface area (TPSA) is 47.9 Å². The lowest BCUT2D eigenvalue weighted by atomic mass is 10.1. The van der Waals surface area contributed by atoms with Gasteiger partial charge >= 0.3 is 18.3 Å². The Hall–Kier alpha value is -3.48. The van der Waals surface area contributed by atoms with Gasteiger partial charge in [-0.1, -0.05) is 29.1 Å². The smallest absolute Gasteiger partial charge is 0.416 e. The molecule has 0 N–H and O–H groups in total. The van der Waals surface area contributed by atoms with E-state index in [2.05, 4.69) is 21.8 Å². The molecule has 0 spiro atoms. The summed E-state index contributed by atoms with van der Waals surface area (Å²) in [5, 5.41) is 3.44. The summed E-state index contributed by atoms with van der Waals surface area (Å²) in [6.45, 7) is 0.773. The second kappa shape index (κ2) is 9.35. The van der Waals surface area contributed by atoms with Gasteiger partial charge in [0, 0.05) is 12.5 Å². The third-order valence-corrected chi connectivity index (χ3v) is 3.40. The Morgan fingerprint density at radius 3 is 2.07 bits per heavy atom. The van der Waals surface area contributed by atoms with Gasteiger partial charge in [0.1, 0.15) is 12.4 Å². The molecule has 0 bridgehead atoms. The van der Waals surface area contributed by atoms with Gasteiger partial charge in [-0.3, -0.25) is 0 Å². The summed E-state index contributed by atoms with van der Waals surface area (Å²) in [4.78, 5) is 15.0. The minimum Gasteiger partial charge on any atom is -0.481 e. The fourth-order valence-electron chi connectivity index (χ4n) is 2.08. The van der Waals surface area contributed by atoms with Crippen LogP contribution in [0.5, 0.6) is 5.75 Å². The van der Waals surface area contributed by atoms with Crippen LogP contribution >= 0.6 is 0 Å². The Labute approximate surface area is 167 Å². The molecule has 2 aromatic rings. The van der Waals surface area contributed by atoms with Gasteiger partial charge in [0.05, 0.1) is 17.3 Å². The van der Waals surface area contributed by atoms with Crippen molar-refractivity contribution < 1.29 is 40.7 Å². The number of alkyl halides is 6. The van der Waals surface area contributed by atoms with Crippen LogP contribution in [0.2, 0.25) is 0 Å². The molecule has 2 rings (SSSR count). The largest absolute Gasteiger partial charge is 0.481 e. The van der Waals surface area contributed by atoms with E-state index in [0.29, 0.717) is 23.3 Å². The lowest BCUT2D eigenvalue weighted by molar-refractivity contribution is -0.143. The second-order valence-electron chi connectivity index (χ2n) is 5.77. The van der Waals surface area contributed by atoms with Crippen LogP contribution in [0.3, 0.4) is 0 Å². The Bertz CT molecular complexity index is 951. The first-order valence-electron chi connectivity index (χ1n) is 8.17. The van der Waals surface area contributed by atoms with Gasteiger partial charge in [0.15, 0.2) is 0 Å². The molecule has 0 unspecified atom stereocenters. The lowest BCUT2D eigenvalue weighted by Gasteiger charge is -2.14. The SMILES string of the molecule is CC(=O)ON=Cc1ccc(C#CCOc2cc(C(F)(F)F)cc(C(F)(F)F)c2)cc1. The van der Waals surface area contributed by atoms with Crippen molar-refractivity contribution in [3.63, 3.8) is 0 Å². The van der Waals surface area contributed by atoms with E-state index in [-0.39, 0.29) is 6.07 Å². The molecule has 0 aliphatic rings. The van der Waals surface area contributed by atoms with E-state index in [1.54, 1.807) is 24.3 Å². The Morgan fingerprint density at radius 2 is 1.57 bits per heavy atom. The number of hydrogen-bond donors (Lipinski definition) is 0. The highest BCUT2D eigenvalue weighted by Crippen LogP contribution is 2.38. The average molecular weight is 429 g/mol. The third-order valence-electron chi connectivity index (χ3n) is 3.40. The number of carbonyl (C=O) groups is 1. The zero-order valence-corrected chi connectivity index (χ0v) is 15.3. The van der Waals surface area contributed by atoms with Crippen LogP contribution in [0.1, 0.15) is 29.2 Å². The van der Waals surface area contributed by atoms with Crippen molar-refractivity contribution in [2.45, 2.75) is 19.3 Å². The van der Waals surface area contributed by atoms with E-state index < -0.39 is 41.8 Å². The van der Waals surface area contributed by atoms with Gasteiger partial charge in [-0.2, -0.15) is 26.3 Å². The molecule has 0 amide bonds. The molecule has 158 valence electrons. The minimum atomic E-state index is -4.95. The van der Waals surface area contributed by atoms with Crippen LogP contribution in [-0.2, 0) is 22.0 Å². The molecule has 30 heavy (non-hydrogen) atoms. The van der Waals surface area contributed by atoms with Crippen LogP contribution in [0.25, 0.3) is 0 Å². The number of rotatable bonds is 4. The zero-order valence-electron chi connectivity index (χ0n) is 15.3. The van der Waals surface area contributed by atoms with Crippen molar-refractivity contribution in [1.82, 2.24) is 0 Å². The van der Waals surface area contributed by atoms with Crippen LogP contribution < -0.4 is 4.74 Å². The van der Waals surface area contributed by atoms with Gasteiger partial charge < -0.3 is 9.57 Å². The summed E-state index contributed by atoms with van der Waals surface area (Å²) in [5.74, 6) is 4.00. The molecule has 0 saturated heterocycles. The van der Waals surface area contributed by atoms with Crippen molar-refractivity contribution in [1.29, 1.82) is 0 Å². The number of oxime groups is 1. The highest BCUT2D eigenvalue weighted by Gasteiger charge is 2.37. The fourth-order valence-corrected chi connectivity index (χ4v) is 2.08. The number of hydrogen-bond acceptors (Lipinski definition) is 4. The normalized spacial score (nSPS) is 11.7. The van der Waals surface area contributed by atoms with Crippen molar-refractivity contribution in [2.75, 3.05) is 6.61 Å². The van der Waals surface area contributed by atoms with Gasteiger partial charge in [-0.25, -0.2) is 4.79 Å². The summed E-state index contributed by atoms with van der Waals surface area (Å²) in [6.07, 6.45) is -8.61. The third kappa shape index (κ3) is 7.16. The predicted octanol–water partition coefficient (Wildman–Crippen LogP) is 5.05. The lowest BCUT2D eigenvalue weighted by Crippen LogP contribution is -2.11. The molecule has 0 saturated carbocycles. The Balaban J connectivity index is 2.06. The molecule has 0 heterocycles. The van der Waals surface area contributed by atoms with Crippen molar-refractivity contribution in [2.24, 2.45) is 5.16 Å². The van der Waals surface area contributed by atoms with Crippen LogP contribution in [0.4, 0.5) is 26.3 Å². The summed E-state index contributed by atoms with van der Waals surface area (Å²) >= 11 is 0. The Morgan fingerprint density at radius 1 is 1.00 bits per heavy atom. The van der Waals surface area contributed by atoms with Gasteiger partial charge in [-0.15, -0.1) is 0 Å². The summed E-state index contributed by atoms with van der Waals surface area (Å²) in [6, 6.07) is 7.38. The summed E-state index contributed by atoms with van der Waals surface area (Å²) in [5.41, 5.74) is -1.80. The summed E-state index contributed by atoms with van der Waals surface area (Å²) in [7, 11) is 0. The summed E-state index contributed by atoms with van der Waals surface area (Å²) < 4.78 is 81.8. The molecule has 4 nitrogen and oxygen atoms in total. The molecule has 0 fully saturated rings. The molecular weight excluding hydrogens is 416 g/mol. The van der Waals surface area contributed by atoms with Crippen LogP contribution in [-0.4, -0.2) is 18.8 Å². The molecule has 0 aromatic heterocycles. The van der Waals surface area contributed by atoms with Crippen LogP contribution in [0, 0.1) is 11.8 Å². The molecule has 10 heteroatoms. The maximum atomic E-state index is 12.8. The van der Waals surface area contributed by atoms with Gasteiger partial charge in [-0.05, 0) is 35.9 Å². The zero-order chi connectivity index (χ0) is 22.4. The molecule has 0 aliphatic carbocycles. The monoisotopic (exact) mass is 429 g/mol. The number of nitrogens with zero attached hydrogens (tertiary/aromatic N) is 1. The maximum Gasteiger partial charge on any atom is 0.416 e. The van der Waals surface area contributed by atoms with E-state index >= 15 is 0 Å².